The molecule has 1 unspecified atom stereocenters. The Bertz CT molecular complexity index is 825. The molecule has 0 fully saturated rings. The highest BCUT2D eigenvalue weighted by molar-refractivity contribution is 5.48. The average Bonchev–Trinajstić information content (AvgIpc) is 2.99. The number of imidazole rings is 1. The van der Waals surface area contributed by atoms with Gasteiger partial charge in [0, 0.05) is 19.3 Å². The number of nitrogens with zero attached hydrogens (tertiary/aromatic N) is 2. The molecule has 5 nitrogen and oxygen atoms in total. The molecule has 0 saturated heterocycles. The van der Waals surface area contributed by atoms with Gasteiger partial charge >= 0.3 is 0 Å². The Morgan fingerprint density at radius 1 is 1.20 bits per heavy atom. The van der Waals surface area contributed by atoms with Crippen molar-refractivity contribution >= 4 is 5.65 Å². The number of fused-ring (bicyclic) bond motifs is 1. The van der Waals surface area contributed by atoms with Crippen LogP contribution in [0.1, 0.15) is 36.8 Å². The van der Waals surface area contributed by atoms with Crippen LogP contribution in [0.25, 0.3) is 5.65 Å². The van der Waals surface area contributed by atoms with Crippen molar-refractivity contribution in [3.8, 4) is 5.75 Å². The van der Waals surface area contributed by atoms with E-state index >= 15 is 0 Å². The van der Waals surface area contributed by atoms with E-state index < -0.39 is 6.10 Å². The van der Waals surface area contributed by atoms with Crippen molar-refractivity contribution in [1.82, 2.24) is 14.7 Å². The van der Waals surface area contributed by atoms with Gasteiger partial charge in [-0.3, -0.25) is 0 Å². The summed E-state index contributed by atoms with van der Waals surface area (Å²) in [6.07, 6.45) is 3.47. The number of aliphatic hydroxyl groups excluding tert-OH is 1. The maximum atomic E-state index is 10.4. The highest BCUT2D eigenvalue weighted by Gasteiger charge is 2.09. The number of rotatable bonds is 7. The summed E-state index contributed by atoms with van der Waals surface area (Å²) in [4.78, 5) is 4.45. The van der Waals surface area contributed by atoms with Crippen molar-refractivity contribution in [2.75, 3.05) is 6.54 Å². The summed E-state index contributed by atoms with van der Waals surface area (Å²) in [6.45, 7) is 7.16. The van der Waals surface area contributed by atoms with Crippen LogP contribution in [0.5, 0.6) is 5.75 Å². The van der Waals surface area contributed by atoms with Gasteiger partial charge in [0.15, 0.2) is 0 Å². The largest absolute Gasteiger partial charge is 0.491 e. The van der Waals surface area contributed by atoms with Crippen molar-refractivity contribution in [2.45, 2.75) is 39.5 Å². The number of hydrogen-bond acceptors (Lipinski definition) is 4. The second-order valence-corrected chi connectivity index (χ2v) is 6.52. The summed E-state index contributed by atoms with van der Waals surface area (Å²) in [5, 5.41) is 13.7. The Hall–Kier alpha value is -2.37. The van der Waals surface area contributed by atoms with E-state index in [1.54, 1.807) is 0 Å². The Morgan fingerprint density at radius 2 is 1.96 bits per heavy atom. The first-order chi connectivity index (χ1) is 12.0. The molecule has 25 heavy (non-hydrogen) atoms. The number of nitrogens with one attached hydrogen (secondary N) is 1. The first-order valence-corrected chi connectivity index (χ1v) is 8.61. The summed E-state index contributed by atoms with van der Waals surface area (Å²) in [7, 11) is 0. The fraction of sp³-hybridized carbons (Fsp3) is 0.350. The van der Waals surface area contributed by atoms with Crippen molar-refractivity contribution in [3.05, 3.63) is 65.6 Å². The van der Waals surface area contributed by atoms with E-state index in [-0.39, 0.29) is 6.10 Å². The van der Waals surface area contributed by atoms with Crippen LogP contribution in [0, 0.1) is 6.92 Å². The van der Waals surface area contributed by atoms with E-state index in [4.69, 9.17) is 4.74 Å². The molecule has 1 aromatic carbocycles. The molecule has 0 amide bonds. The quantitative estimate of drug-likeness (QED) is 0.694. The molecule has 3 rings (SSSR count). The van der Waals surface area contributed by atoms with Crippen LogP contribution in [0.4, 0.5) is 0 Å². The monoisotopic (exact) mass is 339 g/mol. The maximum absolute atomic E-state index is 10.4. The molecule has 0 aliphatic heterocycles. The summed E-state index contributed by atoms with van der Waals surface area (Å²) >= 11 is 0. The third-order valence-electron chi connectivity index (χ3n) is 4.09. The fourth-order valence-corrected chi connectivity index (χ4v) is 2.83. The number of aliphatic hydroxyl groups is 1. The van der Waals surface area contributed by atoms with Crippen molar-refractivity contribution < 1.29 is 9.84 Å². The molecule has 2 heterocycles. The van der Waals surface area contributed by atoms with E-state index in [2.05, 4.69) is 27.7 Å². The van der Waals surface area contributed by atoms with E-state index in [1.807, 2.05) is 56.6 Å². The second-order valence-electron chi connectivity index (χ2n) is 6.52. The van der Waals surface area contributed by atoms with Gasteiger partial charge < -0.3 is 19.6 Å². The van der Waals surface area contributed by atoms with E-state index in [0.29, 0.717) is 13.1 Å². The number of aromatic nitrogens is 2. The lowest BCUT2D eigenvalue weighted by Gasteiger charge is -2.14. The molecule has 0 aliphatic rings. The standard InChI is InChI=1S/C20H25N3O2/c1-14(2)25-18-8-6-16(7-9-18)19(24)13-21-11-17-12-22-20-15(3)5-4-10-23(17)20/h4-10,12,14,19,21,24H,11,13H2,1-3H3. The Kier molecular flexibility index (Phi) is 5.36. The zero-order valence-electron chi connectivity index (χ0n) is 14.9. The average molecular weight is 339 g/mol. The van der Waals surface area contributed by atoms with Gasteiger partial charge in [0.2, 0.25) is 0 Å². The molecule has 1 atom stereocenters. The zero-order chi connectivity index (χ0) is 17.8. The van der Waals surface area contributed by atoms with Crippen LogP contribution in [0.3, 0.4) is 0 Å². The van der Waals surface area contributed by atoms with Crippen LogP contribution < -0.4 is 10.1 Å². The predicted octanol–water partition coefficient (Wildman–Crippen LogP) is 3.25. The Labute approximate surface area is 148 Å². The number of ether oxygens (including phenoxy) is 1. The van der Waals surface area contributed by atoms with Gasteiger partial charge in [0.25, 0.3) is 0 Å². The third kappa shape index (κ3) is 4.18. The van der Waals surface area contributed by atoms with Crippen molar-refractivity contribution in [2.24, 2.45) is 0 Å². The van der Waals surface area contributed by atoms with Crippen LogP contribution in [0.15, 0.2) is 48.8 Å². The fourth-order valence-electron chi connectivity index (χ4n) is 2.83. The zero-order valence-corrected chi connectivity index (χ0v) is 14.9. The first-order valence-electron chi connectivity index (χ1n) is 8.61. The highest BCUT2D eigenvalue weighted by Crippen LogP contribution is 2.18. The molecule has 5 heteroatoms. The van der Waals surface area contributed by atoms with Gasteiger partial charge in [-0.2, -0.15) is 0 Å². The normalized spacial score (nSPS) is 12.7. The lowest BCUT2D eigenvalue weighted by molar-refractivity contribution is 0.174. The van der Waals surface area contributed by atoms with Crippen molar-refractivity contribution in [3.63, 3.8) is 0 Å². The number of pyridine rings is 1. The van der Waals surface area contributed by atoms with Crippen LogP contribution in [-0.4, -0.2) is 27.1 Å². The Balaban J connectivity index is 1.57. The molecule has 0 aliphatic carbocycles. The van der Waals surface area contributed by atoms with Gasteiger partial charge in [-0.15, -0.1) is 0 Å². The molecule has 132 valence electrons. The SMILES string of the molecule is Cc1cccn2c(CNCC(O)c3ccc(OC(C)C)cc3)cnc12. The van der Waals surface area contributed by atoms with Crippen LogP contribution in [0.2, 0.25) is 0 Å². The lowest BCUT2D eigenvalue weighted by atomic mass is 10.1. The minimum Gasteiger partial charge on any atom is -0.491 e. The van der Waals surface area contributed by atoms with Gasteiger partial charge in [-0.1, -0.05) is 18.2 Å². The second kappa shape index (κ2) is 7.68. The summed E-state index contributed by atoms with van der Waals surface area (Å²) in [5.74, 6) is 0.819. The van der Waals surface area contributed by atoms with E-state index in [9.17, 15) is 5.11 Å². The maximum Gasteiger partial charge on any atom is 0.139 e. The van der Waals surface area contributed by atoms with Gasteiger partial charge in [-0.25, -0.2) is 4.98 Å². The predicted molar refractivity (Wildman–Crippen MR) is 98.8 cm³/mol. The molecular weight excluding hydrogens is 314 g/mol. The molecule has 2 aromatic heterocycles. The van der Waals surface area contributed by atoms with Crippen LogP contribution >= 0.6 is 0 Å². The number of aryl methyl sites for hydroxylation is 1. The Morgan fingerprint density at radius 3 is 2.68 bits per heavy atom. The smallest absolute Gasteiger partial charge is 0.139 e. The lowest BCUT2D eigenvalue weighted by Crippen LogP contribution is -2.21. The van der Waals surface area contributed by atoms with E-state index in [1.165, 1.54) is 0 Å². The summed E-state index contributed by atoms with van der Waals surface area (Å²) in [5.41, 5.74) is 4.07. The van der Waals surface area contributed by atoms with Gasteiger partial charge in [0.1, 0.15) is 11.4 Å². The minimum absolute atomic E-state index is 0.145. The molecule has 3 aromatic rings. The summed E-state index contributed by atoms with van der Waals surface area (Å²) < 4.78 is 7.70. The number of benzene rings is 1. The molecule has 2 N–H and O–H groups in total. The molecule has 0 bridgehead atoms. The molecule has 0 spiro atoms. The molecule has 0 radical (unpaired) electrons. The molecule has 0 saturated carbocycles. The minimum atomic E-state index is -0.561. The van der Waals surface area contributed by atoms with E-state index in [0.717, 1.165) is 28.2 Å². The van der Waals surface area contributed by atoms with Gasteiger partial charge in [0.05, 0.1) is 24.1 Å². The molecular formula is C20H25N3O2. The number of hydrogen-bond donors (Lipinski definition) is 2. The topological polar surface area (TPSA) is 58.8 Å². The highest BCUT2D eigenvalue weighted by atomic mass is 16.5. The van der Waals surface area contributed by atoms with Crippen molar-refractivity contribution in [1.29, 1.82) is 0 Å². The van der Waals surface area contributed by atoms with Crippen LogP contribution in [-0.2, 0) is 6.54 Å². The first kappa shape index (κ1) is 17.5. The van der Waals surface area contributed by atoms with Gasteiger partial charge in [-0.05, 0) is 50.1 Å². The third-order valence-corrected chi connectivity index (χ3v) is 4.09. The summed E-state index contributed by atoms with van der Waals surface area (Å²) in [6, 6.07) is 11.7.